The Bertz CT molecular complexity index is 822. The zero-order valence-corrected chi connectivity index (χ0v) is 12.4. The predicted molar refractivity (Wildman–Crippen MR) is 83.1 cm³/mol. The molecule has 0 bridgehead atoms. The van der Waals surface area contributed by atoms with Gasteiger partial charge in [-0.25, -0.2) is 4.68 Å². The number of amides is 1. The Morgan fingerprint density at radius 3 is 3.04 bits per heavy atom. The lowest BCUT2D eigenvalue weighted by Gasteiger charge is -2.22. The summed E-state index contributed by atoms with van der Waals surface area (Å²) in [5.74, 6) is -0.223. The molecular weight excluding hydrogens is 292 g/mol. The van der Waals surface area contributed by atoms with Gasteiger partial charge in [0, 0.05) is 0 Å². The molecule has 3 aromatic rings. The third-order valence-corrected chi connectivity index (χ3v) is 4.09. The molecule has 2 heterocycles. The van der Waals surface area contributed by atoms with E-state index in [9.17, 15) is 4.79 Å². The molecular formula is C16H16N6O. The van der Waals surface area contributed by atoms with Gasteiger partial charge in [-0.1, -0.05) is 23.4 Å². The van der Waals surface area contributed by atoms with Crippen LogP contribution in [0.25, 0.3) is 5.69 Å². The van der Waals surface area contributed by atoms with E-state index in [4.69, 9.17) is 0 Å². The fourth-order valence-electron chi connectivity index (χ4n) is 2.91. The normalized spacial score (nSPS) is 16.8. The van der Waals surface area contributed by atoms with Crippen molar-refractivity contribution in [3.8, 4) is 5.69 Å². The Kier molecular flexibility index (Phi) is 3.38. The van der Waals surface area contributed by atoms with Crippen molar-refractivity contribution in [2.75, 3.05) is 0 Å². The van der Waals surface area contributed by atoms with Crippen LogP contribution in [0, 0.1) is 0 Å². The van der Waals surface area contributed by atoms with Crippen LogP contribution in [0.4, 0.5) is 0 Å². The first-order valence-electron chi connectivity index (χ1n) is 7.62. The lowest BCUT2D eigenvalue weighted by Crippen LogP contribution is -2.31. The third kappa shape index (κ3) is 2.61. The fourth-order valence-corrected chi connectivity index (χ4v) is 2.91. The van der Waals surface area contributed by atoms with Crippen molar-refractivity contribution in [2.24, 2.45) is 0 Å². The number of nitrogens with one attached hydrogen (secondary N) is 2. The van der Waals surface area contributed by atoms with Crippen molar-refractivity contribution in [1.82, 2.24) is 30.5 Å². The number of aryl methyl sites for hydroxylation is 1. The minimum atomic E-state index is -0.223. The minimum Gasteiger partial charge on any atom is -0.342 e. The average molecular weight is 308 g/mol. The molecule has 0 aliphatic heterocycles. The molecule has 0 spiro atoms. The van der Waals surface area contributed by atoms with E-state index in [1.807, 2.05) is 36.5 Å². The highest BCUT2D eigenvalue weighted by molar-refractivity contribution is 5.92. The first kappa shape index (κ1) is 13.7. The number of carbonyl (C=O) groups is 1. The summed E-state index contributed by atoms with van der Waals surface area (Å²) in [7, 11) is 0. The van der Waals surface area contributed by atoms with Crippen LogP contribution in [0.2, 0.25) is 0 Å². The topological polar surface area (TPSA) is 88.5 Å². The van der Waals surface area contributed by atoms with E-state index in [-0.39, 0.29) is 11.9 Å². The molecule has 0 fully saturated rings. The maximum Gasteiger partial charge on any atom is 0.274 e. The van der Waals surface area contributed by atoms with Gasteiger partial charge in [-0.05, 0) is 37.0 Å². The van der Waals surface area contributed by atoms with E-state index in [1.165, 1.54) is 5.56 Å². The second kappa shape index (κ2) is 5.68. The zero-order valence-electron chi connectivity index (χ0n) is 12.4. The molecule has 0 radical (unpaired) electrons. The Labute approximate surface area is 132 Å². The minimum absolute atomic E-state index is 0.0457. The summed E-state index contributed by atoms with van der Waals surface area (Å²) < 4.78 is 1.59. The Hall–Kier alpha value is -2.96. The number of aromatic amines is 1. The zero-order chi connectivity index (χ0) is 15.6. The Morgan fingerprint density at radius 1 is 1.30 bits per heavy atom. The van der Waals surface area contributed by atoms with Crippen LogP contribution in [0.5, 0.6) is 0 Å². The van der Waals surface area contributed by atoms with Crippen LogP contribution in [0.15, 0.2) is 42.7 Å². The summed E-state index contributed by atoms with van der Waals surface area (Å²) >= 11 is 0. The van der Waals surface area contributed by atoms with Crippen LogP contribution in [0.3, 0.4) is 0 Å². The van der Waals surface area contributed by atoms with Gasteiger partial charge in [0.05, 0.1) is 29.8 Å². The van der Waals surface area contributed by atoms with Crippen molar-refractivity contribution in [2.45, 2.75) is 25.3 Å². The number of H-pyrrole nitrogens is 1. The van der Waals surface area contributed by atoms with Gasteiger partial charge in [0.25, 0.3) is 5.91 Å². The standard InChI is InChI=1S/C16H16N6O/c23-16(18-13-8-4-5-11-9-17-20-15(11)13)14-10-22(21-19-14)12-6-2-1-3-7-12/h1-3,6-7,9-10,13H,4-5,8H2,(H,17,20)(H,18,23). The fraction of sp³-hybridized carbons (Fsp3) is 0.250. The second-order valence-corrected chi connectivity index (χ2v) is 5.61. The van der Waals surface area contributed by atoms with Crippen molar-refractivity contribution in [3.05, 3.63) is 59.7 Å². The average Bonchev–Trinajstić information content (AvgIpc) is 3.25. The van der Waals surface area contributed by atoms with Gasteiger partial charge in [0.15, 0.2) is 5.69 Å². The van der Waals surface area contributed by atoms with Gasteiger partial charge in [0.2, 0.25) is 0 Å². The summed E-state index contributed by atoms with van der Waals surface area (Å²) in [6.45, 7) is 0. The molecule has 4 rings (SSSR count). The smallest absolute Gasteiger partial charge is 0.274 e. The summed E-state index contributed by atoms with van der Waals surface area (Å²) in [6, 6.07) is 9.54. The molecule has 1 aliphatic rings. The van der Waals surface area contributed by atoms with Crippen molar-refractivity contribution in [3.63, 3.8) is 0 Å². The van der Waals surface area contributed by atoms with E-state index in [0.29, 0.717) is 5.69 Å². The van der Waals surface area contributed by atoms with E-state index in [0.717, 1.165) is 30.6 Å². The van der Waals surface area contributed by atoms with Crippen LogP contribution in [0.1, 0.15) is 40.6 Å². The summed E-state index contributed by atoms with van der Waals surface area (Å²) in [4.78, 5) is 12.4. The van der Waals surface area contributed by atoms with Crippen LogP contribution < -0.4 is 5.32 Å². The number of rotatable bonds is 3. The molecule has 0 saturated heterocycles. The van der Waals surface area contributed by atoms with Crippen molar-refractivity contribution in [1.29, 1.82) is 0 Å². The molecule has 116 valence electrons. The molecule has 1 unspecified atom stereocenters. The largest absolute Gasteiger partial charge is 0.342 e. The molecule has 2 N–H and O–H groups in total. The number of hydrogen-bond acceptors (Lipinski definition) is 4. The molecule has 1 aromatic carbocycles. The van der Waals surface area contributed by atoms with Crippen LogP contribution >= 0.6 is 0 Å². The molecule has 0 saturated carbocycles. The van der Waals surface area contributed by atoms with Gasteiger partial charge in [-0.15, -0.1) is 5.10 Å². The summed E-state index contributed by atoms with van der Waals surface area (Å²) in [5, 5.41) is 18.1. The lowest BCUT2D eigenvalue weighted by atomic mass is 9.93. The number of fused-ring (bicyclic) bond motifs is 1. The number of benzene rings is 1. The SMILES string of the molecule is O=C(NC1CCCc2cn[nH]c21)c1cn(-c2ccccc2)nn1. The maximum absolute atomic E-state index is 12.4. The number of nitrogens with zero attached hydrogens (tertiary/aromatic N) is 4. The second-order valence-electron chi connectivity index (χ2n) is 5.61. The van der Waals surface area contributed by atoms with Crippen molar-refractivity contribution >= 4 is 5.91 Å². The van der Waals surface area contributed by atoms with E-state index < -0.39 is 0 Å². The van der Waals surface area contributed by atoms with Gasteiger partial charge >= 0.3 is 0 Å². The van der Waals surface area contributed by atoms with Crippen LogP contribution in [-0.4, -0.2) is 31.1 Å². The molecule has 1 atom stereocenters. The first-order chi connectivity index (χ1) is 11.3. The highest BCUT2D eigenvalue weighted by Crippen LogP contribution is 2.27. The van der Waals surface area contributed by atoms with E-state index in [2.05, 4.69) is 25.8 Å². The lowest BCUT2D eigenvalue weighted by molar-refractivity contribution is 0.0926. The summed E-state index contributed by atoms with van der Waals surface area (Å²) in [5.41, 5.74) is 3.35. The molecule has 7 heteroatoms. The van der Waals surface area contributed by atoms with Gasteiger partial charge in [-0.2, -0.15) is 5.10 Å². The number of aromatic nitrogens is 5. The van der Waals surface area contributed by atoms with Gasteiger partial charge < -0.3 is 5.32 Å². The first-order valence-corrected chi connectivity index (χ1v) is 7.62. The monoisotopic (exact) mass is 308 g/mol. The maximum atomic E-state index is 12.4. The van der Waals surface area contributed by atoms with Crippen LogP contribution in [-0.2, 0) is 6.42 Å². The highest BCUT2D eigenvalue weighted by atomic mass is 16.2. The highest BCUT2D eigenvalue weighted by Gasteiger charge is 2.24. The van der Waals surface area contributed by atoms with Crippen molar-refractivity contribution < 1.29 is 4.79 Å². The summed E-state index contributed by atoms with van der Waals surface area (Å²) in [6.07, 6.45) is 6.41. The molecule has 23 heavy (non-hydrogen) atoms. The van der Waals surface area contributed by atoms with E-state index >= 15 is 0 Å². The molecule has 1 amide bonds. The van der Waals surface area contributed by atoms with Gasteiger partial charge in [-0.3, -0.25) is 9.89 Å². The number of hydrogen-bond donors (Lipinski definition) is 2. The molecule has 1 aliphatic carbocycles. The number of carbonyl (C=O) groups excluding carboxylic acids is 1. The quantitative estimate of drug-likeness (QED) is 0.772. The van der Waals surface area contributed by atoms with E-state index in [1.54, 1.807) is 10.9 Å². The molecule has 7 nitrogen and oxygen atoms in total. The Morgan fingerprint density at radius 2 is 2.17 bits per heavy atom. The predicted octanol–water partition coefficient (Wildman–Crippen LogP) is 1.80. The number of para-hydroxylation sites is 1. The van der Waals surface area contributed by atoms with Gasteiger partial charge in [0.1, 0.15) is 0 Å². The Balaban J connectivity index is 1.52. The molecule has 2 aromatic heterocycles. The third-order valence-electron chi connectivity index (χ3n) is 4.09.